The standard InChI is InChI=1S/C11H18N4O/c1-9(8-15-4-2-3-5-15)13-10-6-11(16)14-12-7-10/h6-7,9H,2-5,8H2,1H3,(H2,13,14,16). The second kappa shape index (κ2) is 5.12. The minimum Gasteiger partial charge on any atom is -0.380 e. The number of hydrogen-bond acceptors (Lipinski definition) is 4. The van der Waals surface area contributed by atoms with E-state index in [2.05, 4.69) is 27.3 Å². The second-order valence-electron chi connectivity index (χ2n) is 4.39. The highest BCUT2D eigenvalue weighted by molar-refractivity contribution is 5.39. The fraction of sp³-hybridized carbons (Fsp3) is 0.636. The van der Waals surface area contributed by atoms with Gasteiger partial charge in [0.25, 0.3) is 5.56 Å². The van der Waals surface area contributed by atoms with Gasteiger partial charge in [-0.25, -0.2) is 5.10 Å². The Labute approximate surface area is 94.9 Å². The summed E-state index contributed by atoms with van der Waals surface area (Å²) in [5.41, 5.74) is 0.619. The molecule has 16 heavy (non-hydrogen) atoms. The van der Waals surface area contributed by atoms with E-state index < -0.39 is 0 Å². The van der Waals surface area contributed by atoms with Crippen LogP contribution >= 0.6 is 0 Å². The molecule has 0 bridgehead atoms. The molecule has 0 radical (unpaired) electrons. The highest BCUT2D eigenvalue weighted by Gasteiger charge is 2.14. The quantitative estimate of drug-likeness (QED) is 0.786. The Morgan fingerprint density at radius 2 is 2.31 bits per heavy atom. The highest BCUT2D eigenvalue weighted by atomic mass is 16.1. The molecule has 88 valence electrons. The lowest BCUT2D eigenvalue weighted by Crippen LogP contribution is -2.33. The molecule has 1 aromatic rings. The van der Waals surface area contributed by atoms with Crippen LogP contribution in [0, 0.1) is 0 Å². The monoisotopic (exact) mass is 222 g/mol. The van der Waals surface area contributed by atoms with Crippen LogP contribution in [0.25, 0.3) is 0 Å². The number of rotatable bonds is 4. The van der Waals surface area contributed by atoms with Crippen LogP contribution in [0.2, 0.25) is 0 Å². The molecule has 1 aliphatic rings. The summed E-state index contributed by atoms with van der Waals surface area (Å²) in [7, 11) is 0. The van der Waals surface area contributed by atoms with Gasteiger partial charge in [0.05, 0.1) is 11.9 Å². The van der Waals surface area contributed by atoms with E-state index in [1.54, 1.807) is 6.20 Å². The smallest absolute Gasteiger partial charge is 0.266 e. The van der Waals surface area contributed by atoms with Crippen LogP contribution in [-0.2, 0) is 0 Å². The first-order chi connectivity index (χ1) is 7.74. The molecule has 5 heteroatoms. The van der Waals surface area contributed by atoms with Gasteiger partial charge in [-0.1, -0.05) is 0 Å². The molecule has 0 aromatic carbocycles. The van der Waals surface area contributed by atoms with Crippen molar-refractivity contribution in [1.82, 2.24) is 15.1 Å². The maximum atomic E-state index is 11.0. The van der Waals surface area contributed by atoms with Gasteiger partial charge in [0.15, 0.2) is 0 Å². The summed E-state index contributed by atoms with van der Waals surface area (Å²) in [5, 5.41) is 9.40. The lowest BCUT2D eigenvalue weighted by Gasteiger charge is -2.21. The number of nitrogens with one attached hydrogen (secondary N) is 2. The zero-order valence-electron chi connectivity index (χ0n) is 9.57. The van der Waals surface area contributed by atoms with Crippen molar-refractivity contribution in [2.75, 3.05) is 25.0 Å². The summed E-state index contributed by atoms with van der Waals surface area (Å²) in [6.07, 6.45) is 4.25. The van der Waals surface area contributed by atoms with Gasteiger partial charge in [-0.15, -0.1) is 0 Å². The first-order valence-electron chi connectivity index (χ1n) is 5.77. The predicted octanol–water partition coefficient (Wildman–Crippen LogP) is 0.666. The number of anilines is 1. The van der Waals surface area contributed by atoms with Crippen LogP contribution in [0.5, 0.6) is 0 Å². The molecule has 2 N–H and O–H groups in total. The maximum Gasteiger partial charge on any atom is 0.266 e. The van der Waals surface area contributed by atoms with Crippen LogP contribution in [0.3, 0.4) is 0 Å². The number of aromatic amines is 1. The molecular formula is C11H18N4O. The van der Waals surface area contributed by atoms with Crippen LogP contribution in [0.4, 0.5) is 5.69 Å². The number of H-pyrrole nitrogens is 1. The van der Waals surface area contributed by atoms with Crippen LogP contribution in [0.1, 0.15) is 19.8 Å². The van der Waals surface area contributed by atoms with Gasteiger partial charge < -0.3 is 10.2 Å². The maximum absolute atomic E-state index is 11.0. The zero-order chi connectivity index (χ0) is 11.4. The van der Waals surface area contributed by atoms with Crippen LogP contribution < -0.4 is 10.9 Å². The van der Waals surface area contributed by atoms with Crippen molar-refractivity contribution in [2.24, 2.45) is 0 Å². The van der Waals surface area contributed by atoms with Gasteiger partial charge in [0.2, 0.25) is 0 Å². The molecule has 1 saturated heterocycles. The topological polar surface area (TPSA) is 61.0 Å². The highest BCUT2D eigenvalue weighted by Crippen LogP contribution is 2.09. The summed E-state index contributed by atoms with van der Waals surface area (Å²) in [4.78, 5) is 13.5. The molecular weight excluding hydrogens is 204 g/mol. The zero-order valence-corrected chi connectivity index (χ0v) is 9.57. The number of hydrogen-bond donors (Lipinski definition) is 2. The third kappa shape index (κ3) is 3.06. The Balaban J connectivity index is 1.86. The van der Waals surface area contributed by atoms with E-state index in [0.717, 1.165) is 12.2 Å². The number of aromatic nitrogens is 2. The van der Waals surface area contributed by atoms with Crippen molar-refractivity contribution in [2.45, 2.75) is 25.8 Å². The summed E-state index contributed by atoms with van der Waals surface area (Å²) in [6, 6.07) is 1.87. The van der Waals surface area contributed by atoms with Crippen molar-refractivity contribution < 1.29 is 0 Å². The van der Waals surface area contributed by atoms with Gasteiger partial charge in [-0.3, -0.25) is 4.79 Å². The molecule has 1 atom stereocenters. The number of nitrogens with zero attached hydrogens (tertiary/aromatic N) is 2. The van der Waals surface area contributed by atoms with Crippen molar-refractivity contribution in [3.8, 4) is 0 Å². The summed E-state index contributed by atoms with van der Waals surface area (Å²) < 4.78 is 0. The second-order valence-corrected chi connectivity index (χ2v) is 4.39. The average molecular weight is 222 g/mol. The molecule has 0 amide bonds. The van der Waals surface area contributed by atoms with Crippen molar-refractivity contribution in [1.29, 1.82) is 0 Å². The van der Waals surface area contributed by atoms with E-state index in [-0.39, 0.29) is 5.56 Å². The lowest BCUT2D eigenvalue weighted by molar-refractivity contribution is 0.328. The Bertz CT molecular complexity index is 384. The first-order valence-corrected chi connectivity index (χ1v) is 5.77. The molecule has 1 aliphatic heterocycles. The fourth-order valence-corrected chi connectivity index (χ4v) is 2.14. The molecule has 1 fully saturated rings. The third-order valence-electron chi connectivity index (χ3n) is 2.81. The van der Waals surface area contributed by atoms with Gasteiger partial charge in [0, 0.05) is 18.7 Å². The molecule has 0 aliphatic carbocycles. The normalized spacial score (nSPS) is 18.6. The molecule has 0 spiro atoms. The molecule has 1 unspecified atom stereocenters. The van der Waals surface area contributed by atoms with Crippen molar-refractivity contribution >= 4 is 5.69 Å². The summed E-state index contributed by atoms with van der Waals surface area (Å²) in [5.74, 6) is 0. The Morgan fingerprint density at radius 1 is 1.56 bits per heavy atom. The fourth-order valence-electron chi connectivity index (χ4n) is 2.14. The minimum absolute atomic E-state index is 0.168. The Hall–Kier alpha value is -1.36. The summed E-state index contributed by atoms with van der Waals surface area (Å²) in [6.45, 7) is 5.53. The van der Waals surface area contributed by atoms with E-state index in [1.807, 2.05) is 0 Å². The van der Waals surface area contributed by atoms with E-state index >= 15 is 0 Å². The van der Waals surface area contributed by atoms with Gasteiger partial charge in [-0.2, -0.15) is 5.10 Å². The minimum atomic E-state index is -0.168. The molecule has 5 nitrogen and oxygen atoms in total. The molecule has 2 heterocycles. The molecule has 0 saturated carbocycles. The van der Waals surface area contributed by atoms with Gasteiger partial charge in [0.1, 0.15) is 0 Å². The first kappa shape index (κ1) is 11.1. The van der Waals surface area contributed by atoms with E-state index in [0.29, 0.717) is 6.04 Å². The number of likely N-dealkylation sites (tertiary alicyclic amines) is 1. The van der Waals surface area contributed by atoms with Crippen LogP contribution in [-0.4, -0.2) is 40.8 Å². The van der Waals surface area contributed by atoms with Gasteiger partial charge >= 0.3 is 0 Å². The molecule has 2 rings (SSSR count). The molecule has 1 aromatic heterocycles. The van der Waals surface area contributed by atoms with Crippen LogP contribution in [0.15, 0.2) is 17.1 Å². The Kier molecular flexibility index (Phi) is 3.56. The largest absolute Gasteiger partial charge is 0.380 e. The SMILES string of the molecule is CC(CN1CCCC1)Nc1cn[nH]c(=O)c1. The van der Waals surface area contributed by atoms with E-state index in [9.17, 15) is 4.79 Å². The predicted molar refractivity (Wildman–Crippen MR) is 63.6 cm³/mol. The lowest BCUT2D eigenvalue weighted by atomic mass is 10.3. The third-order valence-corrected chi connectivity index (χ3v) is 2.81. The van der Waals surface area contributed by atoms with Gasteiger partial charge in [-0.05, 0) is 32.9 Å². The van der Waals surface area contributed by atoms with Crippen molar-refractivity contribution in [3.05, 3.63) is 22.6 Å². The Morgan fingerprint density at radius 3 is 3.00 bits per heavy atom. The van der Waals surface area contributed by atoms with Crippen molar-refractivity contribution in [3.63, 3.8) is 0 Å². The average Bonchev–Trinajstić information content (AvgIpc) is 2.70. The summed E-state index contributed by atoms with van der Waals surface area (Å²) >= 11 is 0. The van der Waals surface area contributed by atoms with E-state index in [1.165, 1.54) is 32.0 Å². The van der Waals surface area contributed by atoms with E-state index in [4.69, 9.17) is 0 Å².